The van der Waals surface area contributed by atoms with Crippen LogP contribution < -0.4 is 10.6 Å². The molecule has 1 aromatic carbocycles. The van der Waals surface area contributed by atoms with E-state index >= 15 is 0 Å². The lowest BCUT2D eigenvalue weighted by molar-refractivity contribution is -0.116. The summed E-state index contributed by atoms with van der Waals surface area (Å²) in [5.41, 5.74) is 0.481. The van der Waals surface area contributed by atoms with Gasteiger partial charge in [0.1, 0.15) is 0 Å². The number of hydrogen-bond donors (Lipinski definition) is 3. The average molecular weight is 305 g/mol. The maximum absolute atomic E-state index is 11.7. The molecule has 1 amide bonds. The third-order valence-electron chi connectivity index (χ3n) is 2.43. The van der Waals surface area contributed by atoms with Gasteiger partial charge < -0.3 is 15.7 Å². The van der Waals surface area contributed by atoms with Gasteiger partial charge in [0.15, 0.2) is 5.75 Å². The molecule has 6 heteroatoms. The highest BCUT2D eigenvalue weighted by molar-refractivity contribution is 6.37. The van der Waals surface area contributed by atoms with Crippen LogP contribution in [0.5, 0.6) is 5.75 Å². The summed E-state index contributed by atoms with van der Waals surface area (Å²) in [6.07, 6.45) is 1.17. The summed E-state index contributed by atoms with van der Waals surface area (Å²) in [5, 5.41) is 15.6. The number of hydrogen-bond acceptors (Lipinski definition) is 3. The van der Waals surface area contributed by atoms with Gasteiger partial charge in [-0.15, -0.1) is 0 Å². The van der Waals surface area contributed by atoms with E-state index < -0.39 is 0 Å². The molecule has 3 N–H and O–H groups in total. The van der Waals surface area contributed by atoms with Crippen LogP contribution in [0.1, 0.15) is 26.7 Å². The van der Waals surface area contributed by atoms with Crippen LogP contribution in [0, 0.1) is 0 Å². The molecule has 0 aliphatic rings. The van der Waals surface area contributed by atoms with Crippen LogP contribution in [-0.4, -0.2) is 23.6 Å². The normalized spacial score (nSPS) is 10.8. The molecule has 0 unspecified atom stereocenters. The number of carbonyl (C=O) groups is 1. The lowest BCUT2D eigenvalue weighted by atomic mass is 10.2. The molecule has 0 radical (unpaired) electrons. The van der Waals surface area contributed by atoms with Gasteiger partial charge in [-0.05, 0) is 25.1 Å². The second-order valence-electron chi connectivity index (χ2n) is 4.55. The van der Waals surface area contributed by atoms with E-state index in [1.165, 1.54) is 12.1 Å². The van der Waals surface area contributed by atoms with Crippen molar-refractivity contribution in [3.8, 4) is 5.75 Å². The summed E-state index contributed by atoms with van der Waals surface area (Å²) in [5.74, 6) is -0.286. The Bertz CT molecular complexity index is 427. The second-order valence-corrected chi connectivity index (χ2v) is 5.36. The molecule has 19 heavy (non-hydrogen) atoms. The lowest BCUT2D eigenvalue weighted by Gasteiger charge is -2.09. The topological polar surface area (TPSA) is 61.4 Å². The van der Waals surface area contributed by atoms with Crippen LogP contribution in [-0.2, 0) is 4.79 Å². The van der Waals surface area contributed by atoms with E-state index in [0.717, 1.165) is 13.0 Å². The first-order valence-electron chi connectivity index (χ1n) is 6.11. The van der Waals surface area contributed by atoms with E-state index in [-0.39, 0.29) is 21.7 Å². The zero-order chi connectivity index (χ0) is 14.4. The number of benzene rings is 1. The molecule has 0 aliphatic carbocycles. The fourth-order valence-corrected chi connectivity index (χ4v) is 1.99. The first-order valence-corrected chi connectivity index (χ1v) is 6.87. The van der Waals surface area contributed by atoms with Gasteiger partial charge >= 0.3 is 0 Å². The Morgan fingerprint density at radius 1 is 1.32 bits per heavy atom. The Morgan fingerprint density at radius 2 is 1.89 bits per heavy atom. The van der Waals surface area contributed by atoms with Crippen molar-refractivity contribution in [1.82, 2.24) is 5.32 Å². The Hall–Kier alpha value is -0.970. The number of nitrogens with one attached hydrogen (secondary N) is 2. The monoisotopic (exact) mass is 304 g/mol. The van der Waals surface area contributed by atoms with E-state index in [1.807, 2.05) is 0 Å². The van der Waals surface area contributed by atoms with Crippen molar-refractivity contribution in [2.45, 2.75) is 32.7 Å². The van der Waals surface area contributed by atoms with E-state index in [2.05, 4.69) is 24.5 Å². The molecular weight excluding hydrogens is 287 g/mol. The summed E-state index contributed by atoms with van der Waals surface area (Å²) in [6.45, 7) is 4.91. The van der Waals surface area contributed by atoms with Crippen LogP contribution >= 0.6 is 23.2 Å². The summed E-state index contributed by atoms with van der Waals surface area (Å²) < 4.78 is 0. The predicted molar refractivity (Wildman–Crippen MR) is 79.1 cm³/mol. The fraction of sp³-hybridized carbons (Fsp3) is 0.462. The molecule has 0 aliphatic heterocycles. The Labute approximate surface area is 123 Å². The third-order valence-corrected chi connectivity index (χ3v) is 3.01. The number of carbonyl (C=O) groups excluding carboxylic acids is 1. The van der Waals surface area contributed by atoms with Crippen LogP contribution in [0.25, 0.3) is 0 Å². The van der Waals surface area contributed by atoms with Crippen LogP contribution in [0.3, 0.4) is 0 Å². The molecule has 0 spiro atoms. The number of halogens is 2. The summed E-state index contributed by atoms with van der Waals surface area (Å²) in [7, 11) is 0. The average Bonchev–Trinajstić information content (AvgIpc) is 2.31. The van der Waals surface area contributed by atoms with E-state index in [9.17, 15) is 9.90 Å². The SMILES string of the molecule is CC(C)NCCCC(=O)Nc1cc(Cl)c(O)c(Cl)c1. The Morgan fingerprint density at radius 3 is 2.42 bits per heavy atom. The largest absolute Gasteiger partial charge is 0.505 e. The molecule has 0 saturated carbocycles. The molecule has 106 valence electrons. The summed E-state index contributed by atoms with van der Waals surface area (Å²) in [4.78, 5) is 11.7. The van der Waals surface area contributed by atoms with E-state index in [4.69, 9.17) is 23.2 Å². The van der Waals surface area contributed by atoms with Crippen molar-refractivity contribution in [1.29, 1.82) is 0 Å². The van der Waals surface area contributed by atoms with Gasteiger partial charge in [0.05, 0.1) is 10.0 Å². The van der Waals surface area contributed by atoms with Crippen LogP contribution in [0.4, 0.5) is 5.69 Å². The van der Waals surface area contributed by atoms with Crippen molar-refractivity contribution in [3.05, 3.63) is 22.2 Å². The molecule has 0 bridgehead atoms. The number of rotatable bonds is 6. The van der Waals surface area contributed by atoms with Crippen molar-refractivity contribution < 1.29 is 9.90 Å². The molecule has 1 rings (SSSR count). The summed E-state index contributed by atoms with van der Waals surface area (Å²) in [6, 6.07) is 3.35. The fourth-order valence-electron chi connectivity index (χ4n) is 1.50. The molecule has 4 nitrogen and oxygen atoms in total. The molecule has 0 aromatic heterocycles. The minimum atomic E-state index is -0.178. The standard InChI is InChI=1S/C13H18Cl2N2O2/c1-8(2)16-5-3-4-12(18)17-9-6-10(14)13(19)11(15)7-9/h6-8,16,19H,3-5H2,1-2H3,(H,17,18). The number of anilines is 1. The molecule has 0 fully saturated rings. The molecule has 1 aromatic rings. The van der Waals surface area contributed by atoms with Crippen LogP contribution in [0.2, 0.25) is 10.0 Å². The van der Waals surface area contributed by atoms with Crippen molar-refractivity contribution >= 4 is 34.8 Å². The third kappa shape index (κ3) is 5.68. The van der Waals surface area contributed by atoms with Gasteiger partial charge in [0, 0.05) is 18.2 Å². The molecule has 0 heterocycles. The number of phenols is 1. The zero-order valence-corrected chi connectivity index (χ0v) is 12.5. The maximum Gasteiger partial charge on any atom is 0.224 e. The zero-order valence-electron chi connectivity index (χ0n) is 11.0. The first kappa shape index (κ1) is 16.1. The molecular formula is C13H18Cl2N2O2. The Balaban J connectivity index is 2.44. The lowest BCUT2D eigenvalue weighted by Crippen LogP contribution is -2.24. The Kier molecular flexibility index (Phi) is 6.42. The van der Waals surface area contributed by atoms with Gasteiger partial charge in [-0.3, -0.25) is 4.79 Å². The number of amides is 1. The van der Waals surface area contributed by atoms with Crippen molar-refractivity contribution in [2.24, 2.45) is 0 Å². The summed E-state index contributed by atoms with van der Waals surface area (Å²) >= 11 is 11.5. The maximum atomic E-state index is 11.7. The van der Waals surface area contributed by atoms with Crippen LogP contribution in [0.15, 0.2) is 12.1 Å². The van der Waals surface area contributed by atoms with E-state index in [1.54, 1.807) is 0 Å². The smallest absolute Gasteiger partial charge is 0.224 e. The number of phenolic OH excluding ortho intramolecular Hbond substituents is 1. The predicted octanol–water partition coefficient (Wildman–Crippen LogP) is 3.42. The highest BCUT2D eigenvalue weighted by atomic mass is 35.5. The van der Waals surface area contributed by atoms with Gasteiger partial charge in [-0.25, -0.2) is 0 Å². The van der Waals surface area contributed by atoms with Gasteiger partial charge in [0.2, 0.25) is 5.91 Å². The molecule has 0 atom stereocenters. The minimum absolute atomic E-state index is 0.108. The highest BCUT2D eigenvalue weighted by Crippen LogP contribution is 2.34. The first-order chi connectivity index (χ1) is 8.90. The minimum Gasteiger partial charge on any atom is -0.505 e. The van der Waals surface area contributed by atoms with Crippen molar-refractivity contribution in [3.63, 3.8) is 0 Å². The second kappa shape index (κ2) is 7.58. The highest BCUT2D eigenvalue weighted by Gasteiger charge is 2.09. The van der Waals surface area contributed by atoms with E-state index in [0.29, 0.717) is 18.2 Å². The quantitative estimate of drug-likeness (QED) is 0.557. The van der Waals surface area contributed by atoms with Gasteiger partial charge in [0.25, 0.3) is 0 Å². The van der Waals surface area contributed by atoms with Gasteiger partial charge in [-0.2, -0.15) is 0 Å². The van der Waals surface area contributed by atoms with Crippen molar-refractivity contribution in [2.75, 3.05) is 11.9 Å². The van der Waals surface area contributed by atoms with Gasteiger partial charge in [-0.1, -0.05) is 37.0 Å². The molecule has 0 saturated heterocycles. The number of aromatic hydroxyl groups is 1.